The molecule has 2 atom stereocenters. The van der Waals surface area contributed by atoms with Gasteiger partial charge in [0.15, 0.2) is 14.8 Å². The van der Waals surface area contributed by atoms with Crippen LogP contribution in [0.5, 0.6) is 5.75 Å². The van der Waals surface area contributed by atoms with E-state index in [4.69, 9.17) is 4.74 Å². The molecule has 2 N–H and O–H groups in total. The van der Waals surface area contributed by atoms with E-state index in [1.807, 2.05) is 11.8 Å². The number of fused-ring (bicyclic) bond motifs is 1. The number of nitrogens with one attached hydrogen (secondary N) is 2. The zero-order valence-electron chi connectivity index (χ0n) is 23.8. The molecule has 1 aliphatic rings. The number of benzene rings is 2. The Kier molecular flexibility index (Phi) is 8.86. The average Bonchev–Trinajstić information content (AvgIpc) is 3.56. The fourth-order valence-electron chi connectivity index (χ4n) is 5.20. The number of alkyl halides is 4. The number of hydrogen-bond donors (Lipinski definition) is 2. The van der Waals surface area contributed by atoms with Crippen molar-refractivity contribution in [2.45, 2.75) is 49.7 Å². The number of rotatable bonds is 10. The Morgan fingerprint density at radius 2 is 1.93 bits per heavy atom. The minimum absolute atomic E-state index is 0.105. The molecule has 3 heterocycles. The van der Waals surface area contributed by atoms with Crippen LogP contribution < -0.4 is 15.4 Å². The second-order valence-corrected chi connectivity index (χ2v) is 13.5. The largest absolute Gasteiger partial charge is 0.495 e. The molecule has 2 aromatic carbocycles. The fourth-order valence-corrected chi connectivity index (χ4v) is 6.64. The van der Waals surface area contributed by atoms with Crippen molar-refractivity contribution < 1.29 is 30.7 Å². The number of nitrogens with zero attached hydrogens (tertiary/aromatic N) is 4. The highest BCUT2D eigenvalue weighted by Gasteiger charge is 2.32. The van der Waals surface area contributed by atoms with Gasteiger partial charge in [0.1, 0.15) is 23.5 Å². The van der Waals surface area contributed by atoms with E-state index in [0.29, 0.717) is 51.0 Å². The summed E-state index contributed by atoms with van der Waals surface area (Å²) in [7, 11) is -2.01. The van der Waals surface area contributed by atoms with Crippen molar-refractivity contribution in [2.24, 2.45) is 0 Å². The molecule has 9 nitrogen and oxygen atoms in total. The molecule has 0 amide bonds. The van der Waals surface area contributed by atoms with Gasteiger partial charge in [-0.2, -0.15) is 13.2 Å². The van der Waals surface area contributed by atoms with E-state index in [-0.39, 0.29) is 17.1 Å². The summed E-state index contributed by atoms with van der Waals surface area (Å²) >= 11 is 1.13. The first-order chi connectivity index (χ1) is 20.4. The monoisotopic (exact) mass is 640 g/mol. The Morgan fingerprint density at radius 1 is 1.14 bits per heavy atom. The maximum absolute atomic E-state index is 14.9. The van der Waals surface area contributed by atoms with Gasteiger partial charge in [0, 0.05) is 36.5 Å². The van der Waals surface area contributed by atoms with Crippen LogP contribution in [0.3, 0.4) is 0 Å². The van der Waals surface area contributed by atoms with Gasteiger partial charge in [-0.1, -0.05) is 24.3 Å². The molecular formula is C28H32F4N6O3S2. The third-order valence-electron chi connectivity index (χ3n) is 7.41. The highest BCUT2D eigenvalue weighted by atomic mass is 32.2. The van der Waals surface area contributed by atoms with Crippen molar-refractivity contribution >= 4 is 43.5 Å². The molecule has 1 fully saturated rings. The van der Waals surface area contributed by atoms with Crippen molar-refractivity contribution in [3.8, 4) is 16.5 Å². The SMILES string of the molecule is CCN1CC[C@@H](Nc2cccc3c2cc(-c2nnc(CNc4ccc(S(C)(=O)=O)cc4OC)s2)n3CC(F)(F)F)[C@@H](F)C1. The smallest absolute Gasteiger partial charge is 0.406 e. The summed E-state index contributed by atoms with van der Waals surface area (Å²) in [6, 6.07) is 10.6. The van der Waals surface area contributed by atoms with Gasteiger partial charge in [-0.05, 0) is 43.3 Å². The van der Waals surface area contributed by atoms with Gasteiger partial charge in [0.05, 0.1) is 41.5 Å². The highest BCUT2D eigenvalue weighted by molar-refractivity contribution is 7.90. The van der Waals surface area contributed by atoms with Crippen LogP contribution in [0.2, 0.25) is 0 Å². The van der Waals surface area contributed by atoms with Gasteiger partial charge in [-0.25, -0.2) is 12.8 Å². The Morgan fingerprint density at radius 3 is 2.60 bits per heavy atom. The van der Waals surface area contributed by atoms with Gasteiger partial charge in [0.2, 0.25) is 0 Å². The Labute approximate surface area is 250 Å². The molecule has 0 bridgehead atoms. The van der Waals surface area contributed by atoms with E-state index in [9.17, 15) is 26.0 Å². The van der Waals surface area contributed by atoms with Crippen LogP contribution in [-0.2, 0) is 22.9 Å². The van der Waals surface area contributed by atoms with Gasteiger partial charge in [-0.15, -0.1) is 10.2 Å². The van der Waals surface area contributed by atoms with E-state index >= 15 is 0 Å². The molecule has 0 aliphatic carbocycles. The third kappa shape index (κ3) is 7.04. The lowest BCUT2D eigenvalue weighted by atomic mass is 10.0. The molecule has 5 rings (SSSR count). The zero-order valence-corrected chi connectivity index (χ0v) is 25.4. The van der Waals surface area contributed by atoms with Crippen LogP contribution >= 0.6 is 11.3 Å². The number of piperidine rings is 1. The molecule has 4 aromatic rings. The van der Waals surface area contributed by atoms with Gasteiger partial charge in [0.25, 0.3) is 0 Å². The quantitative estimate of drug-likeness (QED) is 0.217. The molecule has 2 aromatic heterocycles. The Balaban J connectivity index is 1.43. The summed E-state index contributed by atoms with van der Waals surface area (Å²) in [5.41, 5.74) is 1.68. The minimum atomic E-state index is -4.50. The van der Waals surface area contributed by atoms with Crippen molar-refractivity contribution in [1.29, 1.82) is 0 Å². The first kappa shape index (κ1) is 31.0. The number of likely N-dealkylation sites (tertiary alicyclic amines) is 1. The summed E-state index contributed by atoms with van der Waals surface area (Å²) in [4.78, 5) is 2.14. The van der Waals surface area contributed by atoms with Crippen molar-refractivity contribution in [3.05, 3.63) is 47.5 Å². The van der Waals surface area contributed by atoms with Gasteiger partial charge >= 0.3 is 6.18 Å². The van der Waals surface area contributed by atoms with Crippen molar-refractivity contribution in [2.75, 3.05) is 43.6 Å². The number of methoxy groups -OCH3 is 1. The lowest BCUT2D eigenvalue weighted by Crippen LogP contribution is -2.47. The topological polar surface area (TPSA) is 101 Å². The summed E-state index contributed by atoms with van der Waals surface area (Å²) in [5, 5.41) is 16.1. The normalized spacial score (nSPS) is 18.2. The number of aromatic nitrogens is 3. The molecule has 1 aliphatic heterocycles. The maximum atomic E-state index is 14.9. The molecule has 0 spiro atoms. The first-order valence-corrected chi connectivity index (χ1v) is 16.3. The zero-order chi connectivity index (χ0) is 30.9. The predicted octanol–water partition coefficient (Wildman–Crippen LogP) is 5.59. The fraction of sp³-hybridized carbons (Fsp3) is 0.429. The lowest BCUT2D eigenvalue weighted by molar-refractivity contribution is -0.139. The second kappa shape index (κ2) is 12.3. The summed E-state index contributed by atoms with van der Waals surface area (Å²) in [5.74, 6) is 0.314. The standard InChI is InChI=1S/C28H32F4N6O3S2/c1-4-37-11-10-21(19(29)15-37)34-20-6-5-7-23-18(20)13-24(38(23)16-28(30,31)32)27-36-35-26(42-27)14-33-22-9-8-17(43(3,39)40)12-25(22)41-2/h5-9,12-13,19,21,33-34H,4,10-11,14-16H2,1-3H3/t19-,21+/m0/s1. The summed E-state index contributed by atoms with van der Waals surface area (Å²) in [6.07, 6.45) is -3.93. The first-order valence-electron chi connectivity index (χ1n) is 13.6. The van der Waals surface area contributed by atoms with Crippen LogP contribution in [0, 0.1) is 0 Å². The van der Waals surface area contributed by atoms with Gasteiger partial charge in [-0.3, -0.25) is 0 Å². The van der Waals surface area contributed by atoms with Crippen LogP contribution in [0.4, 0.5) is 28.9 Å². The number of hydrogen-bond acceptors (Lipinski definition) is 9. The van der Waals surface area contributed by atoms with E-state index < -0.39 is 34.8 Å². The molecule has 0 radical (unpaired) electrons. The molecule has 0 saturated carbocycles. The van der Waals surface area contributed by atoms with Crippen molar-refractivity contribution in [3.63, 3.8) is 0 Å². The van der Waals surface area contributed by atoms with E-state index in [0.717, 1.165) is 35.2 Å². The number of sulfone groups is 1. The summed E-state index contributed by atoms with van der Waals surface area (Å²) < 4.78 is 86.4. The van der Waals surface area contributed by atoms with Crippen LogP contribution in [0.15, 0.2) is 47.4 Å². The van der Waals surface area contributed by atoms with Crippen LogP contribution in [0.25, 0.3) is 21.6 Å². The average molecular weight is 641 g/mol. The molecule has 15 heteroatoms. The Bertz CT molecular complexity index is 1710. The van der Waals surface area contributed by atoms with E-state index in [1.54, 1.807) is 30.3 Å². The number of anilines is 2. The number of ether oxygens (including phenoxy) is 1. The minimum Gasteiger partial charge on any atom is -0.495 e. The van der Waals surface area contributed by atoms with Crippen LogP contribution in [0.1, 0.15) is 18.4 Å². The molecule has 43 heavy (non-hydrogen) atoms. The van der Waals surface area contributed by atoms with Gasteiger partial charge < -0.3 is 24.8 Å². The maximum Gasteiger partial charge on any atom is 0.406 e. The second-order valence-electron chi connectivity index (χ2n) is 10.4. The lowest BCUT2D eigenvalue weighted by Gasteiger charge is -2.35. The van der Waals surface area contributed by atoms with E-state index in [1.165, 1.54) is 19.2 Å². The molecule has 232 valence electrons. The molecular weight excluding hydrogens is 608 g/mol. The highest BCUT2D eigenvalue weighted by Crippen LogP contribution is 2.37. The summed E-state index contributed by atoms with van der Waals surface area (Å²) in [6.45, 7) is 2.73. The molecule has 1 saturated heterocycles. The van der Waals surface area contributed by atoms with Crippen molar-refractivity contribution in [1.82, 2.24) is 19.7 Å². The third-order valence-corrected chi connectivity index (χ3v) is 9.47. The Hall–Kier alpha value is -3.43. The van der Waals surface area contributed by atoms with E-state index in [2.05, 4.69) is 20.8 Å². The van der Waals surface area contributed by atoms with Crippen LogP contribution in [-0.4, -0.2) is 79.5 Å². The number of halogens is 4. The predicted molar refractivity (Wildman–Crippen MR) is 159 cm³/mol. The molecule has 0 unspecified atom stereocenters.